The van der Waals surface area contributed by atoms with E-state index < -0.39 is 0 Å². The zero-order chi connectivity index (χ0) is 14.0. The molecular weight excluding hydrogens is 248 g/mol. The Morgan fingerprint density at radius 1 is 1.00 bits per heavy atom. The van der Waals surface area contributed by atoms with Gasteiger partial charge >= 0.3 is 0 Å². The molecule has 106 valence electrons. The zero-order valence-corrected chi connectivity index (χ0v) is 12.0. The van der Waals surface area contributed by atoms with Gasteiger partial charge in [0.05, 0.1) is 12.6 Å². The maximum absolute atomic E-state index is 5.53. The van der Waals surface area contributed by atoms with Gasteiger partial charge in [-0.25, -0.2) is 0 Å². The van der Waals surface area contributed by atoms with E-state index in [1.54, 1.807) is 0 Å². The number of aromatic nitrogens is 1. The van der Waals surface area contributed by atoms with Gasteiger partial charge < -0.3 is 10.1 Å². The lowest BCUT2D eigenvalue weighted by Crippen LogP contribution is -2.26. The van der Waals surface area contributed by atoms with Gasteiger partial charge in [0.2, 0.25) is 0 Å². The molecule has 0 aliphatic carbocycles. The average molecular weight is 270 g/mol. The van der Waals surface area contributed by atoms with E-state index in [4.69, 9.17) is 4.74 Å². The van der Waals surface area contributed by atoms with Crippen LogP contribution < -0.4 is 5.32 Å². The fraction of sp³-hybridized carbons (Fsp3) is 0.353. The van der Waals surface area contributed by atoms with Crippen molar-refractivity contribution in [1.82, 2.24) is 10.3 Å². The normalized spacial score (nSPS) is 12.2. The van der Waals surface area contributed by atoms with E-state index in [0.29, 0.717) is 0 Å². The zero-order valence-electron chi connectivity index (χ0n) is 12.0. The van der Waals surface area contributed by atoms with E-state index in [2.05, 4.69) is 53.6 Å². The van der Waals surface area contributed by atoms with E-state index in [1.807, 2.05) is 18.5 Å². The minimum atomic E-state index is 0.185. The summed E-state index contributed by atoms with van der Waals surface area (Å²) in [5, 5.41) is 3.56. The molecule has 0 aliphatic heterocycles. The van der Waals surface area contributed by atoms with Gasteiger partial charge in [0.25, 0.3) is 0 Å². The summed E-state index contributed by atoms with van der Waals surface area (Å²) in [4.78, 5) is 4.09. The summed E-state index contributed by atoms with van der Waals surface area (Å²) >= 11 is 0. The summed E-state index contributed by atoms with van der Waals surface area (Å²) in [7, 11) is 0. The lowest BCUT2D eigenvalue weighted by Gasteiger charge is -2.19. The Kier molecular flexibility index (Phi) is 6.21. The third-order valence-corrected chi connectivity index (χ3v) is 3.12. The second kappa shape index (κ2) is 8.46. The summed E-state index contributed by atoms with van der Waals surface area (Å²) < 4.78 is 5.53. The number of benzene rings is 1. The van der Waals surface area contributed by atoms with Crippen LogP contribution in [0.3, 0.4) is 0 Å². The molecular formula is C17H22N2O. The first kappa shape index (κ1) is 14.7. The van der Waals surface area contributed by atoms with Crippen molar-refractivity contribution in [2.45, 2.75) is 19.4 Å². The smallest absolute Gasteiger partial charge is 0.0591 e. The number of nitrogens with one attached hydrogen (secondary N) is 1. The van der Waals surface area contributed by atoms with E-state index in [9.17, 15) is 0 Å². The van der Waals surface area contributed by atoms with Crippen LogP contribution in [0.1, 0.15) is 30.5 Å². The quantitative estimate of drug-likeness (QED) is 0.748. The maximum Gasteiger partial charge on any atom is 0.0591 e. The molecule has 0 spiro atoms. The number of ether oxygens (including phenoxy) is 1. The Morgan fingerprint density at radius 2 is 1.70 bits per heavy atom. The monoisotopic (exact) mass is 270 g/mol. The predicted octanol–water partition coefficient (Wildman–Crippen LogP) is 3.19. The summed E-state index contributed by atoms with van der Waals surface area (Å²) in [6, 6.07) is 14.8. The number of pyridine rings is 1. The van der Waals surface area contributed by atoms with Crippen molar-refractivity contribution in [2.24, 2.45) is 0 Å². The van der Waals surface area contributed by atoms with Crippen molar-refractivity contribution in [2.75, 3.05) is 19.8 Å². The number of hydrogen-bond donors (Lipinski definition) is 1. The van der Waals surface area contributed by atoms with Crippen LogP contribution in [0.15, 0.2) is 54.9 Å². The maximum atomic E-state index is 5.53. The molecule has 1 N–H and O–H groups in total. The van der Waals surface area contributed by atoms with Crippen LogP contribution >= 0.6 is 0 Å². The molecule has 0 fully saturated rings. The van der Waals surface area contributed by atoms with E-state index in [0.717, 1.165) is 26.2 Å². The Labute approximate surface area is 121 Å². The third-order valence-electron chi connectivity index (χ3n) is 3.12. The van der Waals surface area contributed by atoms with Crippen molar-refractivity contribution in [3.63, 3.8) is 0 Å². The van der Waals surface area contributed by atoms with Gasteiger partial charge in [-0.15, -0.1) is 0 Å². The van der Waals surface area contributed by atoms with Crippen molar-refractivity contribution in [3.05, 3.63) is 66.0 Å². The van der Waals surface area contributed by atoms with Gasteiger partial charge in [-0.2, -0.15) is 0 Å². The molecule has 0 saturated carbocycles. The Morgan fingerprint density at radius 3 is 2.40 bits per heavy atom. The van der Waals surface area contributed by atoms with E-state index in [-0.39, 0.29) is 6.04 Å². The highest BCUT2D eigenvalue weighted by Crippen LogP contribution is 2.20. The van der Waals surface area contributed by atoms with Gasteiger partial charge in [-0.3, -0.25) is 4.98 Å². The molecule has 0 bridgehead atoms. The summed E-state index contributed by atoms with van der Waals surface area (Å²) in [5.41, 5.74) is 2.48. The van der Waals surface area contributed by atoms with Crippen LogP contribution in [0.5, 0.6) is 0 Å². The van der Waals surface area contributed by atoms with Crippen LogP contribution in [-0.2, 0) is 4.74 Å². The van der Waals surface area contributed by atoms with Crippen molar-refractivity contribution in [3.8, 4) is 0 Å². The first-order chi connectivity index (χ1) is 9.92. The molecule has 0 radical (unpaired) electrons. The van der Waals surface area contributed by atoms with Crippen LogP contribution in [0, 0.1) is 0 Å². The molecule has 1 atom stereocenters. The summed E-state index contributed by atoms with van der Waals surface area (Å²) in [6.07, 6.45) is 4.73. The number of rotatable bonds is 8. The molecule has 1 aromatic heterocycles. The minimum absolute atomic E-state index is 0.185. The van der Waals surface area contributed by atoms with Crippen molar-refractivity contribution < 1.29 is 4.74 Å². The van der Waals surface area contributed by atoms with Crippen LogP contribution in [0.4, 0.5) is 0 Å². The van der Waals surface area contributed by atoms with Gasteiger partial charge in [0.15, 0.2) is 0 Å². The molecule has 3 nitrogen and oxygen atoms in total. The first-order valence-corrected chi connectivity index (χ1v) is 7.18. The topological polar surface area (TPSA) is 34.1 Å². The Hall–Kier alpha value is -1.71. The summed E-state index contributed by atoms with van der Waals surface area (Å²) in [5.74, 6) is 0. The second-order valence-electron chi connectivity index (χ2n) is 4.69. The molecule has 2 rings (SSSR count). The van der Waals surface area contributed by atoms with Crippen molar-refractivity contribution in [1.29, 1.82) is 0 Å². The fourth-order valence-electron chi connectivity index (χ4n) is 2.15. The minimum Gasteiger partial charge on any atom is -0.380 e. The predicted molar refractivity (Wildman–Crippen MR) is 81.6 cm³/mol. The van der Waals surface area contributed by atoms with E-state index in [1.165, 1.54) is 11.1 Å². The van der Waals surface area contributed by atoms with Crippen LogP contribution in [-0.4, -0.2) is 24.7 Å². The highest BCUT2D eigenvalue weighted by molar-refractivity contribution is 5.30. The largest absolute Gasteiger partial charge is 0.380 e. The van der Waals surface area contributed by atoms with Gasteiger partial charge in [0.1, 0.15) is 0 Å². The molecule has 0 saturated heterocycles. The standard InChI is InChI=1S/C17H22N2O/c1-2-13-20-14-12-19-17(15-6-4-3-5-7-15)16-8-10-18-11-9-16/h3-11,17,19H,2,12-14H2,1H3. The average Bonchev–Trinajstić information content (AvgIpc) is 2.53. The van der Waals surface area contributed by atoms with E-state index >= 15 is 0 Å². The molecule has 1 aromatic carbocycles. The Balaban J connectivity index is 2.02. The van der Waals surface area contributed by atoms with Gasteiger partial charge in [-0.1, -0.05) is 37.3 Å². The Bertz CT molecular complexity index is 433. The first-order valence-electron chi connectivity index (χ1n) is 7.18. The molecule has 1 heterocycles. The van der Waals surface area contributed by atoms with Gasteiger partial charge in [-0.05, 0) is 29.7 Å². The third kappa shape index (κ3) is 4.44. The summed E-state index contributed by atoms with van der Waals surface area (Å²) in [6.45, 7) is 4.52. The highest BCUT2D eigenvalue weighted by atomic mass is 16.5. The molecule has 0 amide bonds. The molecule has 1 unspecified atom stereocenters. The lowest BCUT2D eigenvalue weighted by molar-refractivity contribution is 0.135. The van der Waals surface area contributed by atoms with Crippen LogP contribution in [0.2, 0.25) is 0 Å². The van der Waals surface area contributed by atoms with Gasteiger partial charge in [0, 0.05) is 25.5 Å². The SMILES string of the molecule is CCCOCCNC(c1ccccc1)c1ccncc1. The van der Waals surface area contributed by atoms with Crippen LogP contribution in [0.25, 0.3) is 0 Å². The molecule has 2 aromatic rings. The molecule has 20 heavy (non-hydrogen) atoms. The number of nitrogens with zero attached hydrogens (tertiary/aromatic N) is 1. The highest BCUT2D eigenvalue weighted by Gasteiger charge is 2.12. The molecule has 3 heteroatoms. The molecule has 0 aliphatic rings. The van der Waals surface area contributed by atoms with Crippen molar-refractivity contribution >= 4 is 0 Å². The fourth-order valence-corrected chi connectivity index (χ4v) is 2.15. The lowest BCUT2D eigenvalue weighted by atomic mass is 10.00. The number of hydrogen-bond acceptors (Lipinski definition) is 3. The second-order valence-corrected chi connectivity index (χ2v) is 4.69.